The summed E-state index contributed by atoms with van der Waals surface area (Å²) in [6.07, 6.45) is 3.49. The maximum absolute atomic E-state index is 14.4. The molecule has 0 amide bonds. The molecule has 3 N–H and O–H groups in total. The van der Waals surface area contributed by atoms with Crippen LogP contribution in [0.5, 0.6) is 0 Å². The Kier molecular flexibility index (Phi) is 8.51. The first kappa shape index (κ1) is 34.6. The summed E-state index contributed by atoms with van der Waals surface area (Å²) >= 11 is 0. The minimum Gasteiger partial charge on any atom is -0.387 e. The lowest BCUT2D eigenvalue weighted by atomic mass is 9.42. The Morgan fingerprint density at radius 2 is 1.66 bits per heavy atom. The number of carbonyl (C=O) groups is 1. The average Bonchev–Trinajstić information content (AvgIpc) is 3.58. The number of aliphatic hydroxyl groups is 3. The van der Waals surface area contributed by atoms with Gasteiger partial charge in [0.05, 0.1) is 42.0 Å². The van der Waals surface area contributed by atoms with Crippen LogP contribution in [0.3, 0.4) is 0 Å². The first-order valence-corrected chi connectivity index (χ1v) is 19.1. The van der Waals surface area contributed by atoms with Gasteiger partial charge in [0.2, 0.25) is 0 Å². The van der Waals surface area contributed by atoms with Crippen LogP contribution >= 0.6 is 0 Å². The number of rotatable bonds is 1. The van der Waals surface area contributed by atoms with Crippen LogP contribution < -0.4 is 0 Å². The second-order valence-corrected chi connectivity index (χ2v) is 17.5. The van der Waals surface area contributed by atoms with Gasteiger partial charge in [-0.15, -0.1) is 5.92 Å². The molecule has 5 aliphatic heterocycles. The number of carbonyl (C=O) groups excluding carboxylic acids is 1. The lowest BCUT2D eigenvalue weighted by molar-refractivity contribution is -0.219. The van der Waals surface area contributed by atoms with Crippen molar-refractivity contribution in [1.29, 1.82) is 0 Å². The standard InChI is InChI=1S/C43H54O7/c1-25-26(2)38-39(46)42(5,47)36-17-19-43-32-23-35(45)33-22-30(48-24-28(13-10-20-49-43)27-11-7-6-8-12-27)16-18-40(33,3)31(32)21-29(41(36,43)4)14-9-15-34(44)37(25)50-38/h6-8,11-12,23,25-26,28-31,33-34,36-39,44,46-47H,14,16-22,24H2,1-5H3/t25-,26-,28-,29-,30+,31+,33+,34-,36+,37+,38+,39-,40-,41-,42+,43-/m1/s1. The number of ether oxygens (including phenoxy) is 3. The van der Waals surface area contributed by atoms with E-state index >= 15 is 0 Å². The lowest BCUT2D eigenvalue weighted by Crippen LogP contribution is -2.66. The van der Waals surface area contributed by atoms with Gasteiger partial charge in [0, 0.05) is 17.8 Å². The Labute approximate surface area is 297 Å². The summed E-state index contributed by atoms with van der Waals surface area (Å²) in [5.74, 6) is 12.9. The van der Waals surface area contributed by atoms with E-state index in [1.165, 1.54) is 0 Å². The van der Waals surface area contributed by atoms with E-state index in [0.717, 1.165) is 30.4 Å². The zero-order chi connectivity index (χ0) is 35.2. The fourth-order valence-corrected chi connectivity index (χ4v) is 12.2. The van der Waals surface area contributed by atoms with Crippen LogP contribution in [0.25, 0.3) is 0 Å². The van der Waals surface area contributed by atoms with Crippen LogP contribution in [0.2, 0.25) is 0 Å². The molecule has 0 radical (unpaired) electrons. The quantitative estimate of drug-likeness (QED) is 0.349. The summed E-state index contributed by atoms with van der Waals surface area (Å²) in [7, 11) is 0. The molecule has 7 nitrogen and oxygen atoms in total. The van der Waals surface area contributed by atoms with E-state index in [4.69, 9.17) is 14.2 Å². The molecular formula is C43H54O7. The number of hydrogen-bond donors (Lipinski definition) is 3. The molecule has 268 valence electrons. The molecule has 4 aliphatic carbocycles. The molecule has 4 fully saturated rings. The number of hydrogen-bond acceptors (Lipinski definition) is 7. The van der Waals surface area contributed by atoms with Crippen LogP contribution in [0.1, 0.15) is 91.0 Å². The molecule has 0 aromatic heterocycles. The molecule has 5 heterocycles. The molecule has 16 atom stereocenters. The van der Waals surface area contributed by atoms with Crippen molar-refractivity contribution in [1.82, 2.24) is 0 Å². The first-order chi connectivity index (χ1) is 23.8. The molecule has 50 heavy (non-hydrogen) atoms. The van der Waals surface area contributed by atoms with Gasteiger partial charge in [0.1, 0.15) is 18.8 Å². The van der Waals surface area contributed by atoms with E-state index in [9.17, 15) is 20.1 Å². The molecule has 7 heteroatoms. The zero-order valence-corrected chi connectivity index (χ0v) is 30.2. The molecule has 3 saturated carbocycles. The zero-order valence-electron chi connectivity index (χ0n) is 30.2. The number of ketones is 1. The molecule has 1 spiro atoms. The third kappa shape index (κ3) is 4.91. The van der Waals surface area contributed by atoms with Crippen molar-refractivity contribution in [2.24, 2.45) is 46.3 Å². The molecule has 1 saturated heterocycles. The molecule has 8 bridgehead atoms. The van der Waals surface area contributed by atoms with Gasteiger partial charge < -0.3 is 29.5 Å². The summed E-state index contributed by atoms with van der Waals surface area (Å²) in [5.41, 5.74) is -1.27. The smallest absolute Gasteiger partial charge is 0.159 e. The third-order valence-corrected chi connectivity index (χ3v) is 15.4. The fourth-order valence-electron chi connectivity index (χ4n) is 12.2. The van der Waals surface area contributed by atoms with Gasteiger partial charge in [0.25, 0.3) is 0 Å². The third-order valence-electron chi connectivity index (χ3n) is 15.4. The van der Waals surface area contributed by atoms with Crippen molar-refractivity contribution >= 4 is 5.78 Å². The molecule has 10 rings (SSSR count). The highest BCUT2D eigenvalue weighted by Crippen LogP contribution is 2.72. The highest BCUT2D eigenvalue weighted by atomic mass is 16.5. The molecule has 0 unspecified atom stereocenters. The predicted molar refractivity (Wildman–Crippen MR) is 188 cm³/mol. The largest absolute Gasteiger partial charge is 0.387 e. The second-order valence-electron chi connectivity index (χ2n) is 17.5. The molecule has 1 aromatic rings. The van der Waals surface area contributed by atoms with E-state index < -0.39 is 41.0 Å². The monoisotopic (exact) mass is 682 g/mol. The van der Waals surface area contributed by atoms with Crippen LogP contribution in [0, 0.1) is 70.0 Å². The van der Waals surface area contributed by atoms with Gasteiger partial charge in [-0.1, -0.05) is 75.8 Å². The minimum absolute atomic E-state index is 0.00879. The van der Waals surface area contributed by atoms with Crippen molar-refractivity contribution in [3.8, 4) is 23.7 Å². The number of aliphatic hydroxyl groups excluding tert-OH is 2. The normalized spacial score (nSPS) is 51.1. The highest BCUT2D eigenvalue weighted by Gasteiger charge is 2.73. The van der Waals surface area contributed by atoms with Gasteiger partial charge in [-0.05, 0) is 97.7 Å². The lowest BCUT2D eigenvalue weighted by Gasteiger charge is -2.64. The van der Waals surface area contributed by atoms with Crippen LogP contribution in [0.4, 0.5) is 0 Å². The predicted octanol–water partition coefficient (Wildman–Crippen LogP) is 5.22. The summed E-state index contributed by atoms with van der Waals surface area (Å²) in [6.45, 7) is 11.0. The Morgan fingerprint density at radius 3 is 2.44 bits per heavy atom. The topological polar surface area (TPSA) is 105 Å². The van der Waals surface area contributed by atoms with Gasteiger partial charge in [-0.2, -0.15) is 0 Å². The summed E-state index contributed by atoms with van der Waals surface area (Å²) in [4.78, 5) is 14.4. The van der Waals surface area contributed by atoms with Crippen molar-refractivity contribution in [2.45, 2.75) is 127 Å². The van der Waals surface area contributed by atoms with E-state index in [1.54, 1.807) is 6.92 Å². The van der Waals surface area contributed by atoms with Crippen molar-refractivity contribution in [2.75, 3.05) is 13.2 Å². The average molecular weight is 683 g/mol. The summed E-state index contributed by atoms with van der Waals surface area (Å²) < 4.78 is 20.2. The Hall–Kier alpha value is -2.49. The summed E-state index contributed by atoms with van der Waals surface area (Å²) in [5, 5.41) is 36.1. The van der Waals surface area contributed by atoms with Gasteiger partial charge >= 0.3 is 0 Å². The van der Waals surface area contributed by atoms with E-state index in [1.807, 2.05) is 38.1 Å². The van der Waals surface area contributed by atoms with E-state index in [-0.39, 0.29) is 65.3 Å². The Bertz CT molecular complexity index is 1660. The van der Waals surface area contributed by atoms with Gasteiger partial charge in [0.15, 0.2) is 5.78 Å². The minimum atomic E-state index is -1.54. The molecular weight excluding hydrogens is 628 g/mol. The van der Waals surface area contributed by atoms with E-state index in [0.29, 0.717) is 32.3 Å². The maximum atomic E-state index is 14.4. The Morgan fingerprint density at radius 1 is 0.900 bits per heavy atom. The SMILES string of the molecule is C[C@@H]1[C@@H](C)[C@@H]2O[C@@H]1[C@H](O)C#CC[C@@H]1C[C@H]3C4=CC(=O)[C@@H]5C[C@H](CC[C@@]53C)OC[C@H](c3ccccc3)C#CCO[C@]43CC[C@H]([C@](C)(O)[C@@H]2O)[C@@]13C. The first-order valence-electron chi connectivity index (χ1n) is 19.1. The van der Waals surface area contributed by atoms with Gasteiger partial charge in [-0.25, -0.2) is 0 Å². The molecule has 9 aliphatic rings. The van der Waals surface area contributed by atoms with E-state index in [2.05, 4.69) is 49.7 Å². The van der Waals surface area contributed by atoms with Crippen molar-refractivity contribution < 1.29 is 34.3 Å². The number of fused-ring (bicyclic) bond motifs is 4. The summed E-state index contributed by atoms with van der Waals surface area (Å²) in [6, 6.07) is 10.2. The Balaban J connectivity index is 1.29. The van der Waals surface area contributed by atoms with Gasteiger partial charge in [-0.3, -0.25) is 4.79 Å². The van der Waals surface area contributed by atoms with Crippen molar-refractivity contribution in [3.63, 3.8) is 0 Å². The van der Waals surface area contributed by atoms with Crippen LogP contribution in [-0.4, -0.2) is 76.0 Å². The van der Waals surface area contributed by atoms with Crippen molar-refractivity contribution in [3.05, 3.63) is 47.5 Å². The fraction of sp³-hybridized carbons (Fsp3) is 0.698. The molecule has 1 aromatic carbocycles. The maximum Gasteiger partial charge on any atom is 0.159 e. The van der Waals surface area contributed by atoms with Crippen LogP contribution in [0.15, 0.2) is 42.0 Å². The number of allylic oxidation sites excluding steroid dienone is 1. The van der Waals surface area contributed by atoms with Crippen LogP contribution in [-0.2, 0) is 19.0 Å². The highest BCUT2D eigenvalue weighted by molar-refractivity contribution is 5.95. The number of benzene rings is 1. The second kappa shape index (κ2) is 12.3.